The number of benzene rings is 2. The molecule has 0 spiro atoms. The fraction of sp³-hybridized carbons (Fsp3) is 0.133. The molecule has 2 aromatic carbocycles. The van der Waals surface area contributed by atoms with Gasteiger partial charge in [-0.15, -0.1) is 0 Å². The number of halogens is 2. The van der Waals surface area contributed by atoms with Gasteiger partial charge >= 0.3 is 6.03 Å². The average Bonchev–Trinajstić information content (AvgIpc) is 2.46. The summed E-state index contributed by atoms with van der Waals surface area (Å²) in [6.07, 6.45) is 0. The van der Waals surface area contributed by atoms with Crippen LogP contribution < -0.4 is 15.4 Å². The number of nitrogens with one attached hydrogen (secondary N) is 2. The third kappa shape index (κ3) is 4.55. The Bertz CT molecular complexity index is 630. The lowest BCUT2D eigenvalue weighted by Gasteiger charge is -2.11. The topological polar surface area (TPSA) is 50.4 Å². The maximum absolute atomic E-state index is 11.7. The molecule has 2 N–H and O–H groups in total. The molecule has 2 aromatic rings. The number of amides is 2. The van der Waals surface area contributed by atoms with Crippen molar-refractivity contribution in [3.8, 4) is 5.75 Å². The molecule has 2 amide bonds. The molecule has 0 atom stereocenters. The zero-order valence-corrected chi connectivity index (χ0v) is 12.8. The lowest BCUT2D eigenvalue weighted by Crippen LogP contribution is -2.32. The molecule has 0 fully saturated rings. The molecule has 2 rings (SSSR count). The number of ether oxygens (including phenoxy) is 1. The van der Waals surface area contributed by atoms with E-state index < -0.39 is 6.03 Å². The Morgan fingerprint density at radius 2 is 1.86 bits per heavy atom. The van der Waals surface area contributed by atoms with E-state index in [2.05, 4.69) is 10.6 Å². The SMILES string of the molecule is Cc1ccc(OCNC(=O)Nc2cccc(Cl)c2Cl)cc1. The van der Waals surface area contributed by atoms with E-state index in [1.807, 2.05) is 31.2 Å². The van der Waals surface area contributed by atoms with Crippen molar-refractivity contribution in [3.05, 3.63) is 58.1 Å². The predicted octanol–water partition coefficient (Wildman–Crippen LogP) is 4.46. The van der Waals surface area contributed by atoms with Crippen LogP contribution in [0.15, 0.2) is 42.5 Å². The summed E-state index contributed by atoms with van der Waals surface area (Å²) < 4.78 is 5.39. The van der Waals surface area contributed by atoms with Crippen LogP contribution in [0.4, 0.5) is 10.5 Å². The van der Waals surface area contributed by atoms with Crippen molar-refractivity contribution >= 4 is 34.9 Å². The molecule has 0 radical (unpaired) electrons. The first kappa shape index (κ1) is 15.5. The van der Waals surface area contributed by atoms with E-state index in [1.165, 1.54) is 0 Å². The number of carbonyl (C=O) groups is 1. The lowest BCUT2D eigenvalue weighted by atomic mass is 10.2. The van der Waals surface area contributed by atoms with E-state index >= 15 is 0 Å². The summed E-state index contributed by atoms with van der Waals surface area (Å²) in [6.45, 7) is 2.04. The van der Waals surface area contributed by atoms with E-state index in [-0.39, 0.29) is 6.73 Å². The molecule has 110 valence electrons. The van der Waals surface area contributed by atoms with Gasteiger partial charge in [0.25, 0.3) is 0 Å². The molecule has 0 aliphatic rings. The third-order valence-corrected chi connectivity index (χ3v) is 3.51. The first-order valence-corrected chi connectivity index (χ1v) is 7.00. The Hall–Kier alpha value is -1.91. The molecular weight excluding hydrogens is 311 g/mol. The van der Waals surface area contributed by atoms with E-state index in [4.69, 9.17) is 27.9 Å². The van der Waals surface area contributed by atoms with Crippen LogP contribution in [0.1, 0.15) is 5.56 Å². The highest BCUT2D eigenvalue weighted by molar-refractivity contribution is 6.43. The molecule has 0 bridgehead atoms. The molecule has 0 aromatic heterocycles. The summed E-state index contributed by atoms with van der Waals surface area (Å²) in [5.74, 6) is 0.682. The Labute approximate surface area is 133 Å². The van der Waals surface area contributed by atoms with Crippen molar-refractivity contribution in [2.24, 2.45) is 0 Å². The Kier molecular flexibility index (Phi) is 5.31. The van der Waals surface area contributed by atoms with Gasteiger partial charge in [0.05, 0.1) is 15.7 Å². The summed E-state index contributed by atoms with van der Waals surface area (Å²) in [4.78, 5) is 11.7. The maximum atomic E-state index is 11.7. The zero-order chi connectivity index (χ0) is 15.2. The van der Waals surface area contributed by atoms with E-state index in [0.29, 0.717) is 21.5 Å². The van der Waals surface area contributed by atoms with Gasteiger partial charge in [-0.05, 0) is 31.2 Å². The highest BCUT2D eigenvalue weighted by Gasteiger charge is 2.07. The Morgan fingerprint density at radius 3 is 2.57 bits per heavy atom. The number of hydrogen-bond donors (Lipinski definition) is 2. The predicted molar refractivity (Wildman–Crippen MR) is 85.3 cm³/mol. The van der Waals surface area contributed by atoms with Crippen LogP contribution in [-0.4, -0.2) is 12.8 Å². The largest absolute Gasteiger partial charge is 0.473 e. The zero-order valence-electron chi connectivity index (χ0n) is 11.3. The standard InChI is InChI=1S/C15H14Cl2N2O2/c1-10-5-7-11(8-6-10)21-9-18-15(20)19-13-4-2-3-12(16)14(13)17/h2-8H,9H2,1H3,(H2,18,19,20). The maximum Gasteiger partial charge on any atom is 0.321 e. The third-order valence-electron chi connectivity index (χ3n) is 2.69. The van der Waals surface area contributed by atoms with Crippen LogP contribution in [0.5, 0.6) is 5.75 Å². The fourth-order valence-corrected chi connectivity index (χ4v) is 1.93. The second kappa shape index (κ2) is 7.20. The van der Waals surface area contributed by atoms with Gasteiger partial charge in [-0.1, -0.05) is 47.0 Å². The number of aryl methyl sites for hydroxylation is 1. The minimum absolute atomic E-state index is 0.0487. The summed E-state index contributed by atoms with van der Waals surface area (Å²) in [5, 5.41) is 5.85. The van der Waals surface area contributed by atoms with Crippen LogP contribution in [-0.2, 0) is 0 Å². The van der Waals surface area contributed by atoms with Gasteiger partial charge < -0.3 is 15.4 Å². The fourth-order valence-electron chi connectivity index (χ4n) is 1.59. The second-order valence-electron chi connectivity index (χ2n) is 4.33. The van der Waals surface area contributed by atoms with Gasteiger partial charge in [0.1, 0.15) is 5.75 Å². The first-order valence-electron chi connectivity index (χ1n) is 6.24. The molecule has 21 heavy (non-hydrogen) atoms. The van der Waals surface area contributed by atoms with Gasteiger partial charge in [-0.2, -0.15) is 0 Å². The van der Waals surface area contributed by atoms with E-state index in [9.17, 15) is 4.79 Å². The van der Waals surface area contributed by atoms with Crippen LogP contribution in [0.25, 0.3) is 0 Å². The summed E-state index contributed by atoms with van der Waals surface area (Å²) in [6, 6.07) is 12.1. The number of rotatable bonds is 4. The number of urea groups is 1. The average molecular weight is 325 g/mol. The molecular formula is C15H14Cl2N2O2. The summed E-state index contributed by atoms with van der Waals surface area (Å²) in [5.41, 5.74) is 1.58. The first-order chi connectivity index (χ1) is 10.1. The molecule has 0 saturated heterocycles. The minimum atomic E-state index is -0.425. The van der Waals surface area contributed by atoms with Crippen molar-refractivity contribution in [2.75, 3.05) is 12.0 Å². The van der Waals surface area contributed by atoms with Gasteiger partial charge in [0, 0.05) is 0 Å². The van der Waals surface area contributed by atoms with Crippen LogP contribution >= 0.6 is 23.2 Å². The van der Waals surface area contributed by atoms with Crippen molar-refractivity contribution in [3.63, 3.8) is 0 Å². The molecule has 4 nitrogen and oxygen atoms in total. The molecule has 0 heterocycles. The van der Waals surface area contributed by atoms with Gasteiger partial charge in [0.15, 0.2) is 6.73 Å². The van der Waals surface area contributed by atoms with Gasteiger partial charge in [-0.25, -0.2) is 4.79 Å². The molecule has 0 aliphatic carbocycles. The van der Waals surface area contributed by atoms with Gasteiger partial charge in [-0.3, -0.25) is 0 Å². The van der Waals surface area contributed by atoms with Crippen molar-refractivity contribution in [2.45, 2.75) is 6.92 Å². The van der Waals surface area contributed by atoms with Crippen molar-refractivity contribution < 1.29 is 9.53 Å². The van der Waals surface area contributed by atoms with Crippen molar-refractivity contribution in [1.29, 1.82) is 0 Å². The molecule has 6 heteroatoms. The van der Waals surface area contributed by atoms with Gasteiger partial charge in [0.2, 0.25) is 0 Å². The van der Waals surface area contributed by atoms with Crippen molar-refractivity contribution in [1.82, 2.24) is 5.32 Å². The lowest BCUT2D eigenvalue weighted by molar-refractivity contribution is 0.234. The van der Waals surface area contributed by atoms with Crippen LogP contribution in [0.2, 0.25) is 10.0 Å². The minimum Gasteiger partial charge on any atom is -0.473 e. The van der Waals surface area contributed by atoms with E-state index in [1.54, 1.807) is 18.2 Å². The monoisotopic (exact) mass is 324 g/mol. The Morgan fingerprint density at radius 1 is 1.14 bits per heavy atom. The Balaban J connectivity index is 1.82. The highest BCUT2D eigenvalue weighted by atomic mass is 35.5. The quantitative estimate of drug-likeness (QED) is 0.816. The van der Waals surface area contributed by atoms with Crippen LogP contribution in [0.3, 0.4) is 0 Å². The molecule has 0 unspecified atom stereocenters. The van der Waals surface area contributed by atoms with Crippen LogP contribution in [0, 0.1) is 6.92 Å². The van der Waals surface area contributed by atoms with E-state index in [0.717, 1.165) is 5.56 Å². The number of carbonyl (C=O) groups excluding carboxylic acids is 1. The molecule has 0 saturated carbocycles. The second-order valence-corrected chi connectivity index (χ2v) is 5.12. The summed E-state index contributed by atoms with van der Waals surface area (Å²) >= 11 is 11.8. The number of anilines is 1. The highest BCUT2D eigenvalue weighted by Crippen LogP contribution is 2.29. The summed E-state index contributed by atoms with van der Waals surface area (Å²) in [7, 11) is 0. The smallest absolute Gasteiger partial charge is 0.321 e. The normalized spacial score (nSPS) is 10.0. The molecule has 0 aliphatic heterocycles. The number of hydrogen-bond acceptors (Lipinski definition) is 2.